The highest BCUT2D eigenvalue weighted by Gasteiger charge is 2.30. The Balaban J connectivity index is 1.58. The van der Waals surface area contributed by atoms with Crippen LogP contribution in [-0.4, -0.2) is 35.2 Å². The minimum absolute atomic E-state index is 0.0259. The van der Waals surface area contributed by atoms with Crippen molar-refractivity contribution in [3.05, 3.63) is 95.8 Å². The summed E-state index contributed by atoms with van der Waals surface area (Å²) in [7, 11) is 1.56. The number of H-pyrrole nitrogens is 1. The molecule has 0 aliphatic heterocycles. The van der Waals surface area contributed by atoms with E-state index in [1.807, 2.05) is 49.4 Å². The first-order valence-corrected chi connectivity index (χ1v) is 17.1. The molecular formula is C38H48N4O4S. The van der Waals surface area contributed by atoms with Gasteiger partial charge in [-0.3, -0.25) is 14.7 Å². The third-order valence-electron chi connectivity index (χ3n) is 8.99. The van der Waals surface area contributed by atoms with Gasteiger partial charge < -0.3 is 20.1 Å². The summed E-state index contributed by atoms with van der Waals surface area (Å²) in [5, 5.41) is 12.4. The minimum atomic E-state index is -0.721. The van der Waals surface area contributed by atoms with Gasteiger partial charge >= 0.3 is 0 Å². The number of carbonyl (C=O) groups is 2. The molecule has 1 heterocycles. The van der Waals surface area contributed by atoms with Crippen molar-refractivity contribution in [1.29, 1.82) is 0 Å². The molecule has 2 unspecified atom stereocenters. The Bertz CT molecular complexity index is 1650. The lowest BCUT2D eigenvalue weighted by Crippen LogP contribution is -2.33. The van der Waals surface area contributed by atoms with E-state index in [2.05, 4.69) is 74.5 Å². The molecule has 0 radical (unpaired) electrons. The van der Waals surface area contributed by atoms with Gasteiger partial charge in [-0.05, 0) is 72.1 Å². The van der Waals surface area contributed by atoms with Crippen LogP contribution in [0.15, 0.2) is 83.9 Å². The van der Waals surface area contributed by atoms with Crippen LogP contribution in [-0.2, 0) is 20.4 Å². The van der Waals surface area contributed by atoms with E-state index >= 15 is 0 Å². The maximum Gasteiger partial charge on any atom is 0.265 e. The number of amides is 2. The van der Waals surface area contributed by atoms with Crippen LogP contribution in [0, 0.1) is 0 Å². The number of rotatable bonds is 15. The van der Waals surface area contributed by atoms with Crippen molar-refractivity contribution in [1.82, 2.24) is 10.2 Å². The van der Waals surface area contributed by atoms with Crippen molar-refractivity contribution < 1.29 is 19.1 Å². The second kappa shape index (κ2) is 15.6. The Morgan fingerprint density at radius 1 is 0.830 bits per heavy atom. The molecule has 0 bridgehead atoms. The predicted octanol–water partition coefficient (Wildman–Crippen LogP) is 9.06. The number of nitrogens with zero attached hydrogens (tertiary/aromatic N) is 1. The summed E-state index contributed by atoms with van der Waals surface area (Å²) >= 11 is 1.31. The molecule has 3 N–H and O–H groups in total. The molecular weight excluding hydrogens is 609 g/mol. The Hall–Kier alpha value is -4.24. The largest absolute Gasteiger partial charge is 0.495 e. The number of aromatic amines is 1. The Morgan fingerprint density at radius 3 is 2.13 bits per heavy atom. The first-order valence-electron chi connectivity index (χ1n) is 16.2. The molecule has 47 heavy (non-hydrogen) atoms. The average molecular weight is 657 g/mol. The zero-order valence-corrected chi connectivity index (χ0v) is 29.6. The lowest BCUT2D eigenvalue weighted by Gasteiger charge is -2.31. The zero-order chi connectivity index (χ0) is 34.2. The lowest BCUT2D eigenvalue weighted by molar-refractivity contribution is -0.123. The molecule has 4 rings (SSSR count). The van der Waals surface area contributed by atoms with Gasteiger partial charge in [-0.15, -0.1) is 11.8 Å². The quantitative estimate of drug-likeness (QED) is 0.110. The number of thioether (sulfide) groups is 1. The summed E-state index contributed by atoms with van der Waals surface area (Å²) in [5.74, 6) is 0.766. The van der Waals surface area contributed by atoms with Gasteiger partial charge in [0.05, 0.1) is 24.2 Å². The number of anilines is 2. The zero-order valence-electron chi connectivity index (χ0n) is 28.8. The molecule has 9 heteroatoms. The summed E-state index contributed by atoms with van der Waals surface area (Å²) in [6.45, 7) is 15.3. The summed E-state index contributed by atoms with van der Waals surface area (Å²) in [6, 6.07) is 22.9. The van der Waals surface area contributed by atoms with Crippen molar-refractivity contribution in [3.63, 3.8) is 0 Å². The smallest absolute Gasteiger partial charge is 0.265 e. The number of methoxy groups -OCH3 is 1. The lowest BCUT2D eigenvalue weighted by atomic mass is 9.76. The molecule has 0 aliphatic carbocycles. The van der Waals surface area contributed by atoms with E-state index in [1.54, 1.807) is 31.5 Å². The third-order valence-corrected chi connectivity index (χ3v) is 10.3. The molecule has 0 spiro atoms. The summed E-state index contributed by atoms with van der Waals surface area (Å²) in [5.41, 5.74) is 4.02. The van der Waals surface area contributed by atoms with Crippen LogP contribution in [0.4, 0.5) is 11.4 Å². The van der Waals surface area contributed by atoms with E-state index in [9.17, 15) is 9.59 Å². The number of hydrogen-bond donors (Lipinski definition) is 3. The Kier molecular flexibility index (Phi) is 11.8. The van der Waals surface area contributed by atoms with Gasteiger partial charge in [0.25, 0.3) is 5.91 Å². The molecule has 0 fully saturated rings. The fourth-order valence-corrected chi connectivity index (χ4v) is 6.16. The maximum absolute atomic E-state index is 13.8. The summed E-state index contributed by atoms with van der Waals surface area (Å²) < 4.78 is 11.9. The van der Waals surface area contributed by atoms with Crippen molar-refractivity contribution >= 4 is 35.0 Å². The van der Waals surface area contributed by atoms with Gasteiger partial charge in [-0.1, -0.05) is 84.9 Å². The van der Waals surface area contributed by atoms with Crippen LogP contribution >= 0.6 is 11.8 Å². The van der Waals surface area contributed by atoms with Gasteiger partial charge in [0.1, 0.15) is 16.7 Å². The van der Waals surface area contributed by atoms with Crippen molar-refractivity contribution in [2.45, 2.75) is 94.8 Å². The first kappa shape index (κ1) is 35.6. The molecule has 0 aliphatic rings. The van der Waals surface area contributed by atoms with E-state index in [-0.39, 0.29) is 22.6 Å². The monoisotopic (exact) mass is 656 g/mol. The number of hydrogen-bond acceptors (Lipinski definition) is 6. The number of carbonyl (C=O) groups excluding carboxylic acids is 2. The second-order valence-corrected chi connectivity index (χ2v) is 14.0. The van der Waals surface area contributed by atoms with Crippen molar-refractivity contribution in [2.75, 3.05) is 17.7 Å². The molecule has 0 saturated carbocycles. The van der Waals surface area contributed by atoms with E-state index in [1.165, 1.54) is 17.3 Å². The Labute approximate surface area is 283 Å². The summed E-state index contributed by atoms with van der Waals surface area (Å²) in [6.07, 6.45) is 3.31. The van der Waals surface area contributed by atoms with Gasteiger partial charge in [-0.25, -0.2) is 0 Å². The highest BCUT2D eigenvalue weighted by Crippen LogP contribution is 2.41. The SMILES string of the molecule is CCC(Oc1ccc(C(C)(C)CC)cc1C(C)(C)CC)C(=O)Nc1ccccc1SC(C(=O)Nc1ccccc1OC)c1ccn[nH]1. The Morgan fingerprint density at radius 2 is 1.49 bits per heavy atom. The average Bonchev–Trinajstić information content (AvgIpc) is 3.61. The first-order chi connectivity index (χ1) is 22.4. The van der Waals surface area contributed by atoms with Crippen LogP contribution in [0.5, 0.6) is 11.5 Å². The van der Waals surface area contributed by atoms with Crippen molar-refractivity contribution in [3.8, 4) is 11.5 Å². The van der Waals surface area contributed by atoms with E-state index in [0.29, 0.717) is 29.2 Å². The number of para-hydroxylation sites is 3. The normalized spacial score (nSPS) is 13.0. The third kappa shape index (κ3) is 8.57. The van der Waals surface area contributed by atoms with Crippen LogP contribution < -0.4 is 20.1 Å². The van der Waals surface area contributed by atoms with E-state index < -0.39 is 11.4 Å². The second-order valence-electron chi connectivity index (χ2n) is 12.9. The van der Waals surface area contributed by atoms with Crippen LogP contribution in [0.25, 0.3) is 0 Å². The van der Waals surface area contributed by atoms with Crippen LogP contribution in [0.1, 0.15) is 89.8 Å². The number of aromatic nitrogens is 2. The summed E-state index contributed by atoms with van der Waals surface area (Å²) in [4.78, 5) is 28.2. The van der Waals surface area contributed by atoms with Gasteiger partial charge in [-0.2, -0.15) is 5.10 Å². The number of nitrogens with one attached hydrogen (secondary N) is 3. The van der Waals surface area contributed by atoms with Gasteiger partial charge in [0, 0.05) is 16.7 Å². The van der Waals surface area contributed by atoms with Crippen LogP contribution in [0.3, 0.4) is 0 Å². The molecule has 8 nitrogen and oxygen atoms in total. The van der Waals surface area contributed by atoms with Gasteiger partial charge in [0.15, 0.2) is 6.10 Å². The highest BCUT2D eigenvalue weighted by molar-refractivity contribution is 8.00. The molecule has 2 atom stereocenters. The number of benzene rings is 3. The fraction of sp³-hybridized carbons (Fsp3) is 0.395. The van der Waals surface area contributed by atoms with Crippen LogP contribution in [0.2, 0.25) is 0 Å². The van der Waals surface area contributed by atoms with E-state index in [4.69, 9.17) is 9.47 Å². The molecule has 4 aromatic rings. The molecule has 2 amide bonds. The maximum atomic E-state index is 13.8. The van der Waals surface area contributed by atoms with E-state index in [0.717, 1.165) is 29.1 Å². The minimum Gasteiger partial charge on any atom is -0.495 e. The molecule has 1 aromatic heterocycles. The highest BCUT2D eigenvalue weighted by atomic mass is 32.2. The fourth-order valence-electron chi connectivity index (χ4n) is 5.08. The van der Waals surface area contributed by atoms with Gasteiger partial charge in [0.2, 0.25) is 5.91 Å². The topological polar surface area (TPSA) is 105 Å². The predicted molar refractivity (Wildman–Crippen MR) is 192 cm³/mol. The standard InChI is InChI=1S/C38H48N4O4S/c1-9-30(46-31-21-20-25(37(4,5)10-2)24-26(31)38(6,7)11-3)35(43)41-28-17-13-15-19-33(28)47-34(29-22-23-39-42-29)36(44)40-27-16-12-14-18-32(27)45-8/h12-24,30,34H,9-11H2,1-8H3,(H,39,42)(H,40,44)(H,41,43). The van der Waals surface area contributed by atoms with Crippen molar-refractivity contribution in [2.24, 2.45) is 0 Å². The molecule has 3 aromatic carbocycles. The molecule has 250 valence electrons. The molecule has 0 saturated heterocycles. The number of ether oxygens (including phenoxy) is 2.